The molecule has 1 aromatic carbocycles. The molecule has 1 saturated heterocycles. The molecule has 2 unspecified atom stereocenters. The van der Waals surface area contributed by atoms with E-state index in [0.29, 0.717) is 31.7 Å². The predicted molar refractivity (Wildman–Crippen MR) is 100 cm³/mol. The van der Waals surface area contributed by atoms with Crippen LogP contribution < -0.4 is 16.4 Å². The normalized spacial score (nSPS) is 19.5. The van der Waals surface area contributed by atoms with Gasteiger partial charge in [-0.1, -0.05) is 19.4 Å². The van der Waals surface area contributed by atoms with Crippen molar-refractivity contribution in [3.05, 3.63) is 30.1 Å². The van der Waals surface area contributed by atoms with Gasteiger partial charge >= 0.3 is 6.03 Å². The average molecular weight is 364 g/mol. The fourth-order valence-electron chi connectivity index (χ4n) is 3.38. The number of likely N-dealkylation sites (tertiary alicyclic amines) is 1. The molecule has 144 valence electrons. The van der Waals surface area contributed by atoms with Crippen LogP contribution in [0, 0.1) is 11.7 Å². The van der Waals surface area contributed by atoms with Crippen LogP contribution in [0.3, 0.4) is 0 Å². The number of nitrogens with zero attached hydrogens (tertiary/aromatic N) is 1. The molecule has 26 heavy (non-hydrogen) atoms. The number of carbonyl (C=O) groups is 2. The zero-order valence-corrected chi connectivity index (χ0v) is 15.6. The van der Waals surface area contributed by atoms with Gasteiger partial charge in [-0.05, 0) is 50.3 Å². The fraction of sp³-hybridized carbons (Fsp3) is 0.579. The van der Waals surface area contributed by atoms with Gasteiger partial charge in [-0.2, -0.15) is 0 Å². The van der Waals surface area contributed by atoms with E-state index < -0.39 is 11.4 Å². The Kier molecular flexibility index (Phi) is 6.97. The quantitative estimate of drug-likeness (QED) is 0.725. The number of carbonyl (C=O) groups excluding carboxylic acids is 2. The minimum Gasteiger partial charge on any atom is -0.341 e. The molecule has 1 aromatic rings. The number of piperidine rings is 1. The van der Waals surface area contributed by atoms with Crippen molar-refractivity contribution in [2.75, 3.05) is 25.0 Å². The molecule has 7 heteroatoms. The maximum absolute atomic E-state index is 13.1. The molecule has 1 heterocycles. The van der Waals surface area contributed by atoms with E-state index >= 15 is 0 Å². The van der Waals surface area contributed by atoms with Gasteiger partial charge in [0.15, 0.2) is 0 Å². The first-order chi connectivity index (χ1) is 12.3. The first-order valence-corrected chi connectivity index (χ1v) is 9.20. The van der Waals surface area contributed by atoms with Crippen LogP contribution in [-0.4, -0.2) is 42.0 Å². The Morgan fingerprint density at radius 1 is 1.42 bits per heavy atom. The Balaban J connectivity index is 1.82. The molecule has 0 aliphatic carbocycles. The smallest absolute Gasteiger partial charge is 0.319 e. The maximum Gasteiger partial charge on any atom is 0.319 e. The summed E-state index contributed by atoms with van der Waals surface area (Å²) in [5.74, 6) is -0.238. The molecule has 0 spiro atoms. The van der Waals surface area contributed by atoms with E-state index in [1.807, 2.05) is 11.8 Å². The van der Waals surface area contributed by atoms with Gasteiger partial charge < -0.3 is 21.3 Å². The van der Waals surface area contributed by atoms with Crippen molar-refractivity contribution in [3.8, 4) is 0 Å². The first kappa shape index (κ1) is 20.2. The summed E-state index contributed by atoms with van der Waals surface area (Å²) in [5.41, 5.74) is 5.74. The van der Waals surface area contributed by atoms with Crippen molar-refractivity contribution in [2.45, 2.75) is 45.1 Å². The molecule has 4 N–H and O–H groups in total. The summed E-state index contributed by atoms with van der Waals surface area (Å²) < 4.78 is 13.1. The summed E-state index contributed by atoms with van der Waals surface area (Å²) in [6.45, 7) is 5.56. The van der Waals surface area contributed by atoms with Crippen molar-refractivity contribution in [1.29, 1.82) is 0 Å². The number of hydrogen-bond donors (Lipinski definition) is 3. The lowest BCUT2D eigenvalue weighted by Gasteiger charge is -2.37. The molecule has 0 radical (unpaired) electrons. The van der Waals surface area contributed by atoms with Crippen molar-refractivity contribution >= 4 is 17.6 Å². The third-order valence-corrected chi connectivity index (χ3v) is 4.70. The van der Waals surface area contributed by atoms with E-state index in [-0.39, 0.29) is 17.9 Å². The highest BCUT2D eigenvalue weighted by Crippen LogP contribution is 2.20. The van der Waals surface area contributed by atoms with Crippen LogP contribution in [0.15, 0.2) is 24.3 Å². The van der Waals surface area contributed by atoms with Gasteiger partial charge in [0, 0.05) is 25.3 Å². The number of rotatable bonds is 6. The van der Waals surface area contributed by atoms with E-state index in [1.54, 1.807) is 13.0 Å². The van der Waals surface area contributed by atoms with Crippen LogP contribution in [-0.2, 0) is 4.79 Å². The van der Waals surface area contributed by atoms with Crippen molar-refractivity contribution < 1.29 is 14.0 Å². The number of nitrogens with two attached hydrogens (primary N) is 1. The van der Waals surface area contributed by atoms with Gasteiger partial charge in [0.2, 0.25) is 5.91 Å². The second-order valence-electron chi connectivity index (χ2n) is 7.27. The largest absolute Gasteiger partial charge is 0.341 e. The van der Waals surface area contributed by atoms with Gasteiger partial charge in [-0.25, -0.2) is 9.18 Å². The van der Waals surface area contributed by atoms with Crippen LogP contribution >= 0.6 is 0 Å². The highest BCUT2D eigenvalue weighted by molar-refractivity contribution is 5.89. The molecular formula is C19H29FN4O2. The van der Waals surface area contributed by atoms with Crippen LogP contribution in [0.4, 0.5) is 14.9 Å². The highest BCUT2D eigenvalue weighted by Gasteiger charge is 2.34. The SMILES string of the molecule is CCCC(C)(N)C(=O)N1CCCC(CNC(=O)Nc2cccc(F)c2)C1. The van der Waals surface area contributed by atoms with E-state index in [2.05, 4.69) is 10.6 Å². The Hall–Kier alpha value is -2.15. The van der Waals surface area contributed by atoms with Crippen molar-refractivity contribution in [3.63, 3.8) is 0 Å². The predicted octanol–water partition coefficient (Wildman–Crippen LogP) is 2.70. The third-order valence-electron chi connectivity index (χ3n) is 4.70. The van der Waals surface area contributed by atoms with Gasteiger partial charge in [-0.15, -0.1) is 0 Å². The summed E-state index contributed by atoms with van der Waals surface area (Å²) in [7, 11) is 0. The third kappa shape index (κ3) is 5.69. The molecule has 0 saturated carbocycles. The molecular weight excluding hydrogens is 335 g/mol. The highest BCUT2D eigenvalue weighted by atomic mass is 19.1. The number of hydrogen-bond acceptors (Lipinski definition) is 3. The van der Waals surface area contributed by atoms with Crippen molar-refractivity contribution in [1.82, 2.24) is 10.2 Å². The number of benzene rings is 1. The van der Waals surface area contributed by atoms with Crippen LogP contribution in [0.1, 0.15) is 39.5 Å². The first-order valence-electron chi connectivity index (χ1n) is 9.20. The molecule has 1 aliphatic rings. The Bertz CT molecular complexity index is 636. The van der Waals surface area contributed by atoms with Gasteiger partial charge in [0.05, 0.1) is 5.54 Å². The lowest BCUT2D eigenvalue weighted by Crippen LogP contribution is -2.56. The molecule has 1 aliphatic heterocycles. The number of urea groups is 1. The minimum atomic E-state index is -0.834. The zero-order valence-electron chi connectivity index (χ0n) is 15.6. The van der Waals surface area contributed by atoms with Crippen LogP contribution in [0.5, 0.6) is 0 Å². The Morgan fingerprint density at radius 2 is 2.19 bits per heavy atom. The van der Waals surface area contributed by atoms with E-state index in [1.165, 1.54) is 18.2 Å². The molecule has 0 bridgehead atoms. The fourth-order valence-corrected chi connectivity index (χ4v) is 3.38. The second kappa shape index (κ2) is 8.98. The van der Waals surface area contributed by atoms with Gasteiger partial charge in [0.1, 0.15) is 5.82 Å². The van der Waals surface area contributed by atoms with Gasteiger partial charge in [0.25, 0.3) is 0 Å². The second-order valence-corrected chi connectivity index (χ2v) is 7.27. The van der Waals surface area contributed by atoms with E-state index in [0.717, 1.165) is 19.3 Å². The van der Waals surface area contributed by atoms with Gasteiger partial charge in [-0.3, -0.25) is 4.79 Å². The van der Waals surface area contributed by atoms with Crippen molar-refractivity contribution in [2.24, 2.45) is 11.7 Å². The van der Waals surface area contributed by atoms with Crippen LogP contribution in [0.2, 0.25) is 0 Å². The summed E-state index contributed by atoms with van der Waals surface area (Å²) in [6.07, 6.45) is 3.35. The molecule has 3 amide bonds. The zero-order chi connectivity index (χ0) is 19.2. The average Bonchev–Trinajstić information content (AvgIpc) is 2.59. The minimum absolute atomic E-state index is 0.0201. The molecule has 2 atom stereocenters. The van der Waals surface area contributed by atoms with E-state index in [9.17, 15) is 14.0 Å². The molecule has 6 nitrogen and oxygen atoms in total. The summed E-state index contributed by atoms with van der Waals surface area (Å²) in [5, 5.41) is 5.41. The molecule has 2 rings (SSSR count). The maximum atomic E-state index is 13.1. The number of nitrogens with one attached hydrogen (secondary N) is 2. The summed E-state index contributed by atoms with van der Waals surface area (Å²) in [4.78, 5) is 26.4. The summed E-state index contributed by atoms with van der Waals surface area (Å²) >= 11 is 0. The number of halogens is 1. The lowest BCUT2D eigenvalue weighted by atomic mass is 9.92. The monoisotopic (exact) mass is 364 g/mol. The number of amides is 3. The summed E-state index contributed by atoms with van der Waals surface area (Å²) in [6, 6.07) is 5.36. The topological polar surface area (TPSA) is 87.5 Å². The standard InChI is InChI=1S/C19H29FN4O2/c1-3-9-19(2,21)17(25)24-10-5-6-14(13-24)12-22-18(26)23-16-8-4-7-15(20)11-16/h4,7-8,11,14H,3,5-6,9-10,12-13,21H2,1-2H3,(H2,22,23,26). The molecule has 1 fully saturated rings. The Morgan fingerprint density at radius 3 is 2.88 bits per heavy atom. The van der Waals surface area contributed by atoms with E-state index in [4.69, 9.17) is 5.73 Å². The Labute approximate surface area is 154 Å². The lowest BCUT2D eigenvalue weighted by molar-refractivity contribution is -0.138. The molecule has 0 aromatic heterocycles. The van der Waals surface area contributed by atoms with Crippen LogP contribution in [0.25, 0.3) is 0 Å². The number of anilines is 1.